The molecule has 1 aromatic carbocycles. The number of likely N-dealkylation sites (tertiary alicyclic amines) is 1. The highest BCUT2D eigenvalue weighted by Gasteiger charge is 2.34. The maximum absolute atomic E-state index is 13.2. The van der Waals surface area contributed by atoms with Crippen LogP contribution in [0.3, 0.4) is 0 Å². The number of carbonyl (C=O) groups excluding carboxylic acids is 1. The number of nitrogens with zero attached hydrogens (tertiary/aromatic N) is 4. The zero-order valence-electron chi connectivity index (χ0n) is 16.8. The fourth-order valence-corrected chi connectivity index (χ4v) is 4.49. The van der Waals surface area contributed by atoms with Crippen molar-refractivity contribution in [2.45, 2.75) is 19.4 Å². The summed E-state index contributed by atoms with van der Waals surface area (Å²) in [5.74, 6) is 1.53. The number of aromatic amines is 1. The lowest BCUT2D eigenvalue weighted by molar-refractivity contribution is 0.0640. The van der Waals surface area contributed by atoms with Crippen molar-refractivity contribution in [3.63, 3.8) is 0 Å². The molecule has 2 unspecified atom stereocenters. The third kappa shape index (κ3) is 3.19. The van der Waals surface area contributed by atoms with Gasteiger partial charge < -0.3 is 19.2 Å². The molecule has 8 heteroatoms. The van der Waals surface area contributed by atoms with Crippen LogP contribution in [0.15, 0.2) is 47.3 Å². The van der Waals surface area contributed by atoms with Gasteiger partial charge in [0, 0.05) is 36.7 Å². The van der Waals surface area contributed by atoms with Gasteiger partial charge in [-0.1, -0.05) is 18.5 Å². The van der Waals surface area contributed by atoms with Crippen LogP contribution in [0.4, 0.5) is 5.82 Å². The molecule has 1 aliphatic rings. The number of amides is 1. The van der Waals surface area contributed by atoms with Gasteiger partial charge in [-0.15, -0.1) is 0 Å². The first-order valence-electron chi connectivity index (χ1n) is 10.0. The maximum Gasteiger partial charge on any atom is 0.289 e. The third-order valence-corrected chi connectivity index (χ3v) is 6.29. The van der Waals surface area contributed by atoms with Crippen molar-refractivity contribution in [1.82, 2.24) is 19.9 Å². The number of anilines is 1. The minimum absolute atomic E-state index is 0.0953. The Bertz CT molecular complexity index is 1230. The predicted molar refractivity (Wildman–Crippen MR) is 117 cm³/mol. The Morgan fingerprint density at radius 1 is 1.30 bits per heavy atom. The van der Waals surface area contributed by atoms with Gasteiger partial charge in [-0.2, -0.15) is 0 Å². The summed E-state index contributed by atoms with van der Waals surface area (Å²) in [6, 6.07) is 9.25. The molecule has 1 N–H and O–H groups in total. The minimum atomic E-state index is -0.0953. The molecule has 1 aliphatic heterocycles. The number of rotatable bonds is 3. The first-order chi connectivity index (χ1) is 14.5. The van der Waals surface area contributed by atoms with Crippen molar-refractivity contribution in [3.05, 3.63) is 53.6 Å². The summed E-state index contributed by atoms with van der Waals surface area (Å²) < 4.78 is 5.80. The lowest BCUT2D eigenvalue weighted by Gasteiger charge is -2.42. The van der Waals surface area contributed by atoms with E-state index in [9.17, 15) is 4.79 Å². The van der Waals surface area contributed by atoms with E-state index in [2.05, 4.69) is 26.8 Å². The van der Waals surface area contributed by atoms with E-state index in [1.165, 1.54) is 0 Å². The molecule has 0 radical (unpaired) electrons. The highest BCUT2D eigenvalue weighted by atomic mass is 35.5. The Labute approximate surface area is 178 Å². The summed E-state index contributed by atoms with van der Waals surface area (Å²) in [7, 11) is 2.03. The quantitative estimate of drug-likeness (QED) is 0.530. The number of fused-ring (bicyclic) bond motifs is 2. The number of halogens is 1. The molecule has 1 saturated heterocycles. The van der Waals surface area contributed by atoms with E-state index >= 15 is 0 Å². The van der Waals surface area contributed by atoms with Gasteiger partial charge >= 0.3 is 0 Å². The molecule has 154 valence electrons. The summed E-state index contributed by atoms with van der Waals surface area (Å²) >= 11 is 6.06. The SMILES string of the molecule is CC1CCN(C(=O)c2cc3cc(Cl)ccc3o2)CC1N(C)c1ncnc2[nH]ccc12. The molecule has 1 fully saturated rings. The zero-order valence-corrected chi connectivity index (χ0v) is 17.6. The maximum atomic E-state index is 13.2. The summed E-state index contributed by atoms with van der Waals surface area (Å²) in [5.41, 5.74) is 1.47. The monoisotopic (exact) mass is 423 g/mol. The van der Waals surface area contributed by atoms with Gasteiger partial charge in [0.25, 0.3) is 5.91 Å². The van der Waals surface area contributed by atoms with Crippen LogP contribution in [0.25, 0.3) is 22.0 Å². The van der Waals surface area contributed by atoms with Crippen molar-refractivity contribution in [2.75, 3.05) is 25.0 Å². The number of benzene rings is 1. The number of hydrogen-bond acceptors (Lipinski definition) is 5. The Morgan fingerprint density at radius 2 is 2.17 bits per heavy atom. The average Bonchev–Trinajstić information content (AvgIpc) is 3.39. The Kier molecular flexibility index (Phi) is 4.62. The predicted octanol–water partition coefficient (Wildman–Crippen LogP) is 4.34. The second kappa shape index (κ2) is 7.32. The van der Waals surface area contributed by atoms with Crippen LogP contribution >= 0.6 is 11.6 Å². The lowest BCUT2D eigenvalue weighted by atomic mass is 9.92. The molecular formula is C22H22ClN5O2. The van der Waals surface area contributed by atoms with Crippen LogP contribution in [0.2, 0.25) is 5.02 Å². The first-order valence-corrected chi connectivity index (χ1v) is 10.4. The van der Waals surface area contributed by atoms with Crippen molar-refractivity contribution in [2.24, 2.45) is 5.92 Å². The topological polar surface area (TPSA) is 78.3 Å². The molecule has 30 heavy (non-hydrogen) atoms. The Morgan fingerprint density at radius 3 is 3.03 bits per heavy atom. The molecule has 1 amide bonds. The number of carbonyl (C=O) groups is 1. The Hall–Kier alpha value is -3.06. The second-order valence-corrected chi connectivity index (χ2v) is 8.36. The van der Waals surface area contributed by atoms with E-state index in [0.29, 0.717) is 35.4 Å². The van der Waals surface area contributed by atoms with Gasteiger partial charge in [-0.3, -0.25) is 4.79 Å². The number of hydrogen-bond donors (Lipinski definition) is 1. The molecule has 7 nitrogen and oxygen atoms in total. The number of nitrogens with one attached hydrogen (secondary N) is 1. The van der Waals surface area contributed by atoms with Crippen LogP contribution in [-0.4, -0.2) is 51.9 Å². The number of H-pyrrole nitrogens is 1. The van der Waals surface area contributed by atoms with Gasteiger partial charge in [-0.05, 0) is 42.7 Å². The fourth-order valence-electron chi connectivity index (χ4n) is 4.31. The average molecular weight is 424 g/mol. The molecule has 4 heterocycles. The summed E-state index contributed by atoms with van der Waals surface area (Å²) in [4.78, 5) is 29.1. The smallest absolute Gasteiger partial charge is 0.289 e. The van der Waals surface area contributed by atoms with Crippen LogP contribution in [-0.2, 0) is 0 Å². The molecular weight excluding hydrogens is 402 g/mol. The van der Waals surface area contributed by atoms with Gasteiger partial charge in [-0.25, -0.2) is 9.97 Å². The van der Waals surface area contributed by atoms with E-state index in [0.717, 1.165) is 28.7 Å². The number of furan rings is 1. The number of piperidine rings is 1. The van der Waals surface area contributed by atoms with Crippen molar-refractivity contribution < 1.29 is 9.21 Å². The van der Waals surface area contributed by atoms with Gasteiger partial charge in [0.05, 0.1) is 11.4 Å². The molecule has 0 aliphatic carbocycles. The van der Waals surface area contributed by atoms with Crippen LogP contribution in [0, 0.1) is 5.92 Å². The van der Waals surface area contributed by atoms with Crippen molar-refractivity contribution in [3.8, 4) is 0 Å². The van der Waals surface area contributed by atoms with Crippen LogP contribution in [0.1, 0.15) is 23.9 Å². The standard InChI is InChI=1S/C22H22ClN5O2/c1-13-6-8-28(22(29)19-10-14-9-15(23)3-4-18(14)30-19)11-17(13)27(2)21-16-5-7-24-20(16)25-12-26-21/h3-5,7,9-10,12-13,17H,6,8,11H2,1-2H3,(H,24,25,26). The van der Waals surface area contributed by atoms with Crippen molar-refractivity contribution in [1.29, 1.82) is 0 Å². The minimum Gasteiger partial charge on any atom is -0.451 e. The number of likely N-dealkylation sites (N-methyl/N-ethyl adjacent to an activating group) is 1. The first kappa shape index (κ1) is 18.9. The molecule has 2 atom stereocenters. The molecule has 0 spiro atoms. The molecule has 0 saturated carbocycles. The Balaban J connectivity index is 1.41. The van der Waals surface area contributed by atoms with Crippen molar-refractivity contribution >= 4 is 45.3 Å². The van der Waals surface area contributed by atoms with Crippen LogP contribution < -0.4 is 4.90 Å². The highest BCUT2D eigenvalue weighted by Crippen LogP contribution is 2.30. The molecule has 4 aromatic rings. The molecule has 3 aromatic heterocycles. The van der Waals surface area contributed by atoms with Gasteiger partial charge in [0.1, 0.15) is 23.4 Å². The third-order valence-electron chi connectivity index (χ3n) is 6.06. The largest absolute Gasteiger partial charge is 0.451 e. The summed E-state index contributed by atoms with van der Waals surface area (Å²) in [5, 5.41) is 2.43. The number of aromatic nitrogens is 3. The van der Waals surface area contributed by atoms with Crippen LogP contribution in [0.5, 0.6) is 0 Å². The second-order valence-electron chi connectivity index (χ2n) is 7.93. The fraction of sp³-hybridized carbons (Fsp3) is 0.318. The van der Waals surface area contributed by atoms with E-state index < -0.39 is 0 Å². The highest BCUT2D eigenvalue weighted by molar-refractivity contribution is 6.31. The molecule has 5 rings (SSSR count). The molecule has 0 bridgehead atoms. The van der Waals surface area contributed by atoms with E-state index in [1.54, 1.807) is 24.5 Å². The summed E-state index contributed by atoms with van der Waals surface area (Å²) in [6.07, 6.45) is 4.35. The van der Waals surface area contributed by atoms with Gasteiger partial charge in [0.2, 0.25) is 0 Å². The normalized spacial score (nSPS) is 19.5. The lowest BCUT2D eigenvalue weighted by Crippen LogP contribution is -2.52. The van der Waals surface area contributed by atoms with Gasteiger partial charge in [0.15, 0.2) is 5.76 Å². The zero-order chi connectivity index (χ0) is 20.8. The van der Waals surface area contributed by atoms with E-state index in [1.807, 2.05) is 30.3 Å². The van der Waals surface area contributed by atoms with E-state index in [4.69, 9.17) is 16.0 Å². The van der Waals surface area contributed by atoms with E-state index in [-0.39, 0.29) is 11.9 Å². The summed E-state index contributed by atoms with van der Waals surface area (Å²) in [6.45, 7) is 3.53.